The second kappa shape index (κ2) is 9.88. The smallest absolute Gasteiger partial charge is 0.305 e. The Hall–Kier alpha value is -2.46. The molecule has 1 aromatic carbocycles. The second-order valence-corrected chi connectivity index (χ2v) is 7.33. The molecule has 3 N–H and O–H groups in total. The van der Waals surface area contributed by atoms with Crippen molar-refractivity contribution in [3.05, 3.63) is 29.8 Å². The van der Waals surface area contributed by atoms with Gasteiger partial charge in [-0.25, -0.2) is 12.7 Å². The average Bonchev–Trinajstić information content (AvgIpc) is 2.55. The van der Waals surface area contributed by atoms with E-state index in [9.17, 15) is 22.8 Å². The normalized spacial score (nSPS) is 11.2. The summed E-state index contributed by atoms with van der Waals surface area (Å²) in [7, 11) is -3.67. The zero-order valence-electron chi connectivity index (χ0n) is 14.7. The maximum absolute atomic E-state index is 12.1. The number of sulfonamides is 1. The third-order valence-corrected chi connectivity index (χ3v) is 5.40. The lowest BCUT2D eigenvalue weighted by Gasteiger charge is -2.17. The number of carboxylic acids is 1. The van der Waals surface area contributed by atoms with Crippen molar-refractivity contribution in [3.8, 4) is 0 Å². The summed E-state index contributed by atoms with van der Waals surface area (Å²) in [5.41, 5.74) is 0.649. The van der Waals surface area contributed by atoms with Crippen molar-refractivity contribution in [2.75, 3.05) is 30.7 Å². The maximum Gasteiger partial charge on any atom is 0.305 e. The van der Waals surface area contributed by atoms with Gasteiger partial charge >= 0.3 is 5.97 Å². The van der Waals surface area contributed by atoms with Gasteiger partial charge in [0.1, 0.15) is 5.75 Å². The Bertz CT molecular complexity index is 742. The first-order valence-corrected chi connectivity index (χ1v) is 9.68. The maximum atomic E-state index is 12.1. The quantitative estimate of drug-likeness (QED) is 0.537. The highest BCUT2D eigenvalue weighted by Gasteiger charge is 2.22. The Morgan fingerprint density at radius 2 is 1.65 bits per heavy atom. The van der Waals surface area contributed by atoms with E-state index in [0.717, 1.165) is 0 Å². The lowest BCUT2D eigenvalue weighted by molar-refractivity contribution is -0.136. The van der Waals surface area contributed by atoms with Gasteiger partial charge in [0, 0.05) is 30.9 Å². The van der Waals surface area contributed by atoms with Gasteiger partial charge in [-0.3, -0.25) is 14.4 Å². The zero-order valence-corrected chi connectivity index (χ0v) is 15.5. The fraction of sp³-hybridized carbons (Fsp3) is 0.438. The number of carbonyl (C=O) groups is 3. The van der Waals surface area contributed by atoms with Crippen LogP contribution >= 0.6 is 0 Å². The van der Waals surface area contributed by atoms with Gasteiger partial charge in [-0.15, -0.1) is 0 Å². The number of hydrogen-bond acceptors (Lipinski definition) is 5. The molecule has 0 aromatic heterocycles. The van der Waals surface area contributed by atoms with Gasteiger partial charge in [-0.05, 0) is 24.3 Å². The molecule has 144 valence electrons. The van der Waals surface area contributed by atoms with E-state index in [0.29, 0.717) is 11.3 Å². The van der Waals surface area contributed by atoms with E-state index in [1.165, 1.54) is 28.6 Å². The first-order valence-electron chi connectivity index (χ1n) is 8.07. The molecule has 0 bridgehead atoms. The zero-order chi connectivity index (χ0) is 19.7. The van der Waals surface area contributed by atoms with Crippen molar-refractivity contribution in [2.24, 2.45) is 0 Å². The minimum atomic E-state index is -3.67. The third-order valence-electron chi connectivity index (χ3n) is 3.47. The summed E-state index contributed by atoms with van der Waals surface area (Å²) < 4.78 is 25.3. The van der Waals surface area contributed by atoms with E-state index < -0.39 is 33.6 Å². The van der Waals surface area contributed by atoms with Gasteiger partial charge in [0.2, 0.25) is 15.9 Å². The molecule has 0 spiro atoms. The van der Waals surface area contributed by atoms with Crippen LogP contribution in [0.25, 0.3) is 0 Å². The molecule has 0 radical (unpaired) electrons. The SMILES string of the molecule is CCN(CC)S(=O)(=O)CC(=O)Nc1ccc(C(=O)NCCC(=O)O)cc1. The van der Waals surface area contributed by atoms with Gasteiger partial charge in [0.15, 0.2) is 0 Å². The molecule has 0 saturated carbocycles. The van der Waals surface area contributed by atoms with Crippen LogP contribution in [0, 0.1) is 0 Å². The lowest BCUT2D eigenvalue weighted by Crippen LogP contribution is -2.36. The molecule has 2 amide bonds. The molecule has 26 heavy (non-hydrogen) atoms. The molecular weight excluding hydrogens is 362 g/mol. The summed E-state index contributed by atoms with van der Waals surface area (Å²) in [4.78, 5) is 34.2. The van der Waals surface area contributed by atoms with Crippen LogP contribution in [-0.2, 0) is 19.6 Å². The predicted molar refractivity (Wildman–Crippen MR) is 96.4 cm³/mol. The Labute approximate surface area is 152 Å². The first-order chi connectivity index (χ1) is 12.2. The lowest BCUT2D eigenvalue weighted by atomic mass is 10.2. The predicted octanol–water partition coefficient (Wildman–Crippen LogP) is 0.501. The molecule has 1 aromatic rings. The highest BCUT2D eigenvalue weighted by atomic mass is 32.2. The van der Waals surface area contributed by atoms with Crippen molar-refractivity contribution in [1.82, 2.24) is 9.62 Å². The Morgan fingerprint density at radius 3 is 2.15 bits per heavy atom. The molecule has 0 fully saturated rings. The number of aliphatic carboxylic acids is 1. The molecule has 0 heterocycles. The molecule has 0 atom stereocenters. The van der Waals surface area contributed by atoms with Crippen LogP contribution in [0.3, 0.4) is 0 Å². The molecule has 0 saturated heterocycles. The van der Waals surface area contributed by atoms with E-state index in [2.05, 4.69) is 10.6 Å². The first kappa shape index (κ1) is 21.6. The summed E-state index contributed by atoms with van der Waals surface area (Å²) >= 11 is 0. The van der Waals surface area contributed by atoms with Gasteiger partial charge < -0.3 is 15.7 Å². The number of carbonyl (C=O) groups excluding carboxylic acids is 2. The summed E-state index contributed by atoms with van der Waals surface area (Å²) in [6.07, 6.45) is -0.180. The number of hydrogen-bond donors (Lipinski definition) is 3. The van der Waals surface area contributed by atoms with E-state index in [1.807, 2.05) is 0 Å². The summed E-state index contributed by atoms with van der Waals surface area (Å²) in [5, 5.41) is 13.5. The Balaban J connectivity index is 2.62. The van der Waals surface area contributed by atoms with Gasteiger partial charge in [0.05, 0.1) is 6.42 Å². The van der Waals surface area contributed by atoms with E-state index in [4.69, 9.17) is 5.11 Å². The summed E-state index contributed by atoms with van der Waals surface area (Å²) in [5.74, 6) is -2.78. The number of amides is 2. The highest BCUT2D eigenvalue weighted by molar-refractivity contribution is 7.89. The molecule has 0 aliphatic carbocycles. The van der Waals surface area contributed by atoms with Gasteiger partial charge in [-0.2, -0.15) is 0 Å². The van der Waals surface area contributed by atoms with Gasteiger partial charge in [0.25, 0.3) is 5.91 Å². The molecule has 0 unspecified atom stereocenters. The van der Waals surface area contributed by atoms with Crippen LogP contribution in [-0.4, -0.2) is 61.0 Å². The van der Waals surface area contributed by atoms with Crippen molar-refractivity contribution < 1.29 is 27.9 Å². The van der Waals surface area contributed by atoms with Gasteiger partial charge in [-0.1, -0.05) is 13.8 Å². The standard InChI is InChI=1S/C16H23N3O6S/c1-3-19(4-2)26(24,25)11-14(20)18-13-7-5-12(6-8-13)16(23)17-10-9-15(21)22/h5-8H,3-4,9-11H2,1-2H3,(H,17,23)(H,18,20)(H,21,22). The molecule has 9 nitrogen and oxygen atoms in total. The molecule has 10 heteroatoms. The molecular formula is C16H23N3O6S. The van der Waals surface area contributed by atoms with Crippen LogP contribution < -0.4 is 10.6 Å². The summed E-state index contributed by atoms with van der Waals surface area (Å²) in [6.45, 7) is 3.98. The Kier molecular flexibility index (Phi) is 8.20. The number of nitrogens with one attached hydrogen (secondary N) is 2. The second-order valence-electron chi connectivity index (χ2n) is 5.37. The van der Waals surface area contributed by atoms with Crippen molar-refractivity contribution in [2.45, 2.75) is 20.3 Å². The number of carboxylic acid groups (broad SMARTS) is 1. The highest BCUT2D eigenvalue weighted by Crippen LogP contribution is 2.10. The number of benzene rings is 1. The molecule has 0 aliphatic heterocycles. The fourth-order valence-corrected chi connectivity index (χ4v) is 3.53. The van der Waals surface area contributed by atoms with E-state index >= 15 is 0 Å². The van der Waals surface area contributed by atoms with Crippen LogP contribution in [0.2, 0.25) is 0 Å². The number of anilines is 1. The number of nitrogens with zero attached hydrogens (tertiary/aromatic N) is 1. The minimum Gasteiger partial charge on any atom is -0.481 e. The summed E-state index contributed by atoms with van der Waals surface area (Å²) in [6, 6.07) is 5.83. The van der Waals surface area contributed by atoms with Crippen LogP contribution in [0.5, 0.6) is 0 Å². The van der Waals surface area contributed by atoms with Crippen LogP contribution in [0.15, 0.2) is 24.3 Å². The topological polar surface area (TPSA) is 133 Å². The Morgan fingerprint density at radius 1 is 1.08 bits per heavy atom. The monoisotopic (exact) mass is 385 g/mol. The van der Waals surface area contributed by atoms with Crippen molar-refractivity contribution in [3.63, 3.8) is 0 Å². The largest absolute Gasteiger partial charge is 0.481 e. The average molecular weight is 385 g/mol. The molecule has 1 rings (SSSR count). The number of rotatable bonds is 10. The van der Waals surface area contributed by atoms with Crippen LogP contribution in [0.1, 0.15) is 30.6 Å². The minimum absolute atomic E-state index is 0.00979. The fourth-order valence-electron chi connectivity index (χ4n) is 2.16. The van der Waals surface area contributed by atoms with E-state index in [-0.39, 0.29) is 26.1 Å². The third kappa shape index (κ3) is 6.81. The van der Waals surface area contributed by atoms with E-state index in [1.54, 1.807) is 13.8 Å². The van der Waals surface area contributed by atoms with Crippen molar-refractivity contribution >= 4 is 33.5 Å². The van der Waals surface area contributed by atoms with Crippen LogP contribution in [0.4, 0.5) is 5.69 Å². The molecule has 0 aliphatic rings. The van der Waals surface area contributed by atoms with Crippen molar-refractivity contribution in [1.29, 1.82) is 0 Å².